The Balaban J connectivity index is 3.54. The predicted octanol–water partition coefficient (Wildman–Crippen LogP) is 1.46. The number of rotatable bonds is 6. The molecule has 0 aliphatic heterocycles. The average Bonchev–Trinajstić information content (AvgIpc) is 2.02. The van der Waals surface area contributed by atoms with Crippen molar-refractivity contribution >= 4 is 5.91 Å². The molecule has 14 heavy (non-hydrogen) atoms. The lowest BCUT2D eigenvalue weighted by Gasteiger charge is -2.16. The zero-order valence-corrected chi connectivity index (χ0v) is 9.68. The van der Waals surface area contributed by atoms with E-state index < -0.39 is 0 Å². The van der Waals surface area contributed by atoms with Gasteiger partial charge in [0, 0.05) is 24.2 Å². The Morgan fingerprint density at radius 1 is 1.36 bits per heavy atom. The molecule has 3 nitrogen and oxygen atoms in total. The predicted molar refractivity (Wildman–Crippen MR) is 60.2 cm³/mol. The highest BCUT2D eigenvalue weighted by Crippen LogP contribution is 1.92. The monoisotopic (exact) mass is 198 g/mol. The van der Waals surface area contributed by atoms with Crippen LogP contribution in [-0.2, 0) is 4.79 Å². The Kier molecular flexibility index (Phi) is 6.21. The van der Waals surface area contributed by atoms with Gasteiger partial charge in [0.25, 0.3) is 0 Å². The molecule has 0 aromatic heterocycles. The summed E-state index contributed by atoms with van der Waals surface area (Å²) in [7, 11) is 0. The molecule has 82 valence electrons. The number of carbonyl (C=O) groups excluding carboxylic acids is 1. The van der Waals surface area contributed by atoms with Crippen molar-refractivity contribution in [2.45, 2.75) is 46.2 Å². The van der Waals surface area contributed by atoms with E-state index in [1.165, 1.54) is 0 Å². The van der Waals surface area contributed by atoms with Crippen LogP contribution in [0, 0.1) is 0 Å². The fourth-order valence-corrected chi connectivity index (χ4v) is 1.21. The van der Waals surface area contributed by atoms with Crippen LogP contribution in [0.3, 0.4) is 0 Å². The Morgan fingerprint density at radius 2 is 1.93 bits per heavy atom. The highest BCUT2D eigenvalue weighted by Gasteiger charge is 2.04. The molecule has 2 N–H and O–H groups in total. The van der Waals surface area contributed by atoms with Gasteiger partial charge in [0.2, 0.25) is 5.91 Å². The molecule has 0 radical (unpaired) electrons. The van der Waals surface area contributed by atoms with Gasteiger partial charge in [-0.25, -0.2) is 0 Å². The maximum absolute atomic E-state index is 11.1. The van der Waals surface area contributed by atoms with E-state index in [2.05, 4.69) is 38.0 Å². The van der Waals surface area contributed by atoms with Crippen molar-refractivity contribution in [3.05, 3.63) is 12.2 Å². The Bertz CT molecular complexity index is 199. The molecule has 0 rings (SSSR count). The number of carbonyl (C=O) groups is 1. The summed E-state index contributed by atoms with van der Waals surface area (Å²) >= 11 is 0. The van der Waals surface area contributed by atoms with Gasteiger partial charge in [-0.3, -0.25) is 4.79 Å². The highest BCUT2D eigenvalue weighted by atomic mass is 16.1. The van der Waals surface area contributed by atoms with Gasteiger partial charge < -0.3 is 10.6 Å². The van der Waals surface area contributed by atoms with Crippen molar-refractivity contribution in [2.24, 2.45) is 0 Å². The maximum atomic E-state index is 11.1. The van der Waals surface area contributed by atoms with Crippen LogP contribution < -0.4 is 10.6 Å². The zero-order chi connectivity index (χ0) is 11.1. The summed E-state index contributed by atoms with van der Waals surface area (Å²) in [6.07, 6.45) is 0.942. The highest BCUT2D eigenvalue weighted by molar-refractivity contribution is 5.91. The van der Waals surface area contributed by atoms with E-state index in [0.717, 1.165) is 6.42 Å². The molecular weight excluding hydrogens is 176 g/mol. The van der Waals surface area contributed by atoms with Crippen molar-refractivity contribution in [3.8, 4) is 0 Å². The van der Waals surface area contributed by atoms with Crippen LogP contribution in [0.5, 0.6) is 0 Å². The van der Waals surface area contributed by atoms with Gasteiger partial charge in [-0.1, -0.05) is 20.4 Å². The van der Waals surface area contributed by atoms with Crippen LogP contribution in [-0.4, -0.2) is 24.5 Å². The molecule has 0 aliphatic carbocycles. The summed E-state index contributed by atoms with van der Waals surface area (Å²) in [6, 6.07) is 0.919. The van der Waals surface area contributed by atoms with Crippen LogP contribution in [0.25, 0.3) is 0 Å². The second-order valence-electron chi connectivity index (χ2n) is 4.05. The normalized spacial score (nSPS) is 12.6. The van der Waals surface area contributed by atoms with Gasteiger partial charge in [0.1, 0.15) is 0 Å². The topological polar surface area (TPSA) is 41.1 Å². The summed E-state index contributed by atoms with van der Waals surface area (Å²) in [4.78, 5) is 11.1. The van der Waals surface area contributed by atoms with Gasteiger partial charge in [-0.2, -0.15) is 0 Å². The van der Waals surface area contributed by atoms with Gasteiger partial charge in [0.05, 0.1) is 0 Å². The van der Waals surface area contributed by atoms with Gasteiger partial charge in [-0.05, 0) is 20.3 Å². The number of amides is 1. The molecule has 1 amide bonds. The van der Waals surface area contributed by atoms with Gasteiger partial charge in [-0.15, -0.1) is 0 Å². The summed E-state index contributed by atoms with van der Waals surface area (Å²) in [5.41, 5.74) is 0.564. The van der Waals surface area contributed by atoms with Crippen molar-refractivity contribution in [2.75, 3.05) is 6.54 Å². The Labute approximate surface area is 87.0 Å². The molecule has 0 fully saturated rings. The largest absolute Gasteiger partial charge is 0.352 e. The van der Waals surface area contributed by atoms with E-state index >= 15 is 0 Å². The lowest BCUT2D eigenvalue weighted by atomic mass is 10.2. The van der Waals surface area contributed by atoms with Crippen molar-refractivity contribution in [3.63, 3.8) is 0 Å². The van der Waals surface area contributed by atoms with Crippen LogP contribution in [0.4, 0.5) is 0 Å². The molecule has 0 aromatic rings. The molecule has 0 spiro atoms. The third kappa shape index (κ3) is 6.66. The first-order chi connectivity index (χ1) is 6.43. The molecular formula is C11H22N2O. The lowest BCUT2D eigenvalue weighted by Crippen LogP contribution is -2.36. The molecule has 0 aliphatic rings. The smallest absolute Gasteiger partial charge is 0.246 e. The zero-order valence-electron chi connectivity index (χ0n) is 9.68. The minimum Gasteiger partial charge on any atom is -0.352 e. The number of nitrogens with one attached hydrogen (secondary N) is 2. The van der Waals surface area contributed by atoms with Crippen LogP contribution in [0.2, 0.25) is 0 Å². The van der Waals surface area contributed by atoms with Gasteiger partial charge >= 0.3 is 0 Å². The maximum Gasteiger partial charge on any atom is 0.246 e. The van der Waals surface area contributed by atoms with E-state index in [0.29, 0.717) is 24.2 Å². The van der Waals surface area contributed by atoms with Crippen molar-refractivity contribution in [1.82, 2.24) is 10.6 Å². The first-order valence-electron chi connectivity index (χ1n) is 5.13. The fourth-order valence-electron chi connectivity index (χ4n) is 1.21. The van der Waals surface area contributed by atoms with E-state index in [-0.39, 0.29) is 5.91 Å². The number of hydrogen-bond acceptors (Lipinski definition) is 2. The summed E-state index contributed by atoms with van der Waals surface area (Å²) < 4.78 is 0. The Morgan fingerprint density at radius 3 is 2.36 bits per heavy atom. The summed E-state index contributed by atoms with van der Waals surface area (Å²) in [5, 5.41) is 6.18. The quantitative estimate of drug-likeness (QED) is 0.634. The lowest BCUT2D eigenvalue weighted by molar-refractivity contribution is -0.117. The third-order valence-corrected chi connectivity index (χ3v) is 1.87. The second kappa shape index (κ2) is 6.60. The number of hydrogen-bond donors (Lipinski definition) is 2. The average molecular weight is 198 g/mol. The molecule has 1 unspecified atom stereocenters. The van der Waals surface area contributed by atoms with Gasteiger partial charge in [0.15, 0.2) is 0 Å². The fraction of sp³-hybridized carbons (Fsp3) is 0.727. The first-order valence-corrected chi connectivity index (χ1v) is 5.13. The molecule has 0 saturated heterocycles. The molecule has 0 saturated carbocycles. The second-order valence-corrected chi connectivity index (χ2v) is 4.05. The third-order valence-electron chi connectivity index (χ3n) is 1.87. The van der Waals surface area contributed by atoms with Crippen LogP contribution >= 0.6 is 0 Å². The first kappa shape index (κ1) is 13.2. The molecule has 3 heteroatoms. The Hall–Kier alpha value is -0.830. The molecule has 0 aromatic carbocycles. The minimum atomic E-state index is -0.0539. The van der Waals surface area contributed by atoms with E-state index in [9.17, 15) is 4.79 Å². The van der Waals surface area contributed by atoms with E-state index in [1.807, 2.05) is 0 Å². The minimum absolute atomic E-state index is 0.0539. The molecule has 0 bridgehead atoms. The van der Waals surface area contributed by atoms with E-state index in [1.54, 1.807) is 6.92 Å². The van der Waals surface area contributed by atoms with Crippen LogP contribution in [0.1, 0.15) is 34.1 Å². The summed E-state index contributed by atoms with van der Waals surface area (Å²) in [5.74, 6) is -0.0539. The van der Waals surface area contributed by atoms with Crippen LogP contribution in [0.15, 0.2) is 12.2 Å². The SMILES string of the molecule is C=C(C)C(=O)NCCC(C)NC(C)C. The summed E-state index contributed by atoms with van der Waals surface area (Å²) in [6.45, 7) is 12.3. The van der Waals surface area contributed by atoms with Crippen molar-refractivity contribution in [1.29, 1.82) is 0 Å². The molecule has 0 heterocycles. The molecule has 1 atom stereocenters. The van der Waals surface area contributed by atoms with E-state index in [4.69, 9.17) is 0 Å². The van der Waals surface area contributed by atoms with Crippen molar-refractivity contribution < 1.29 is 4.79 Å². The standard InChI is InChI=1S/C11H22N2O/c1-8(2)11(14)12-7-6-10(5)13-9(3)4/h9-10,13H,1,6-7H2,2-5H3,(H,12,14).